The molecule has 4 rings (SSSR count). The lowest BCUT2D eigenvalue weighted by Gasteiger charge is -2.42. The summed E-state index contributed by atoms with van der Waals surface area (Å²) in [5.74, 6) is -1.03. The first-order valence-electron chi connectivity index (χ1n) is 12.3. The minimum Gasteiger partial charge on any atom is -0.463 e. The van der Waals surface area contributed by atoms with Crippen molar-refractivity contribution in [3.05, 3.63) is 77.2 Å². The minimum atomic E-state index is -0.844. The number of hydrogen-bond donors (Lipinski definition) is 2. The van der Waals surface area contributed by atoms with Crippen molar-refractivity contribution in [3.8, 4) is 0 Å². The summed E-state index contributed by atoms with van der Waals surface area (Å²) in [6.07, 6.45) is 0. The van der Waals surface area contributed by atoms with Crippen LogP contribution in [0.2, 0.25) is 0 Å². The van der Waals surface area contributed by atoms with Crippen LogP contribution in [0.4, 0.5) is 19.7 Å². The molecule has 2 N–H and O–H groups in total. The fourth-order valence-corrected chi connectivity index (χ4v) is 4.74. The average molecular weight is 510 g/mol. The van der Waals surface area contributed by atoms with Crippen LogP contribution in [-0.4, -0.2) is 78.6 Å². The molecule has 196 valence electrons. The van der Waals surface area contributed by atoms with Crippen molar-refractivity contribution in [1.29, 1.82) is 0 Å². The van der Waals surface area contributed by atoms with E-state index in [2.05, 4.69) is 15.5 Å². The van der Waals surface area contributed by atoms with Gasteiger partial charge in [-0.2, -0.15) is 0 Å². The molecule has 2 aromatic carbocycles. The van der Waals surface area contributed by atoms with Gasteiger partial charge in [-0.15, -0.1) is 0 Å². The Kier molecular flexibility index (Phi) is 8.08. The van der Waals surface area contributed by atoms with Gasteiger partial charge in [-0.3, -0.25) is 9.80 Å². The van der Waals surface area contributed by atoms with Crippen molar-refractivity contribution in [2.75, 3.05) is 45.2 Å². The van der Waals surface area contributed by atoms with Crippen LogP contribution in [0, 0.1) is 5.82 Å². The predicted molar refractivity (Wildman–Crippen MR) is 137 cm³/mol. The van der Waals surface area contributed by atoms with E-state index >= 15 is 0 Å². The molecule has 0 saturated carbocycles. The number of amides is 4. The third-order valence-electron chi connectivity index (χ3n) is 6.63. The lowest BCUT2D eigenvalue weighted by Crippen LogP contribution is -2.56. The van der Waals surface area contributed by atoms with Gasteiger partial charge < -0.3 is 20.3 Å². The predicted octanol–water partition coefficient (Wildman–Crippen LogP) is 3.58. The highest BCUT2D eigenvalue weighted by atomic mass is 19.1. The van der Waals surface area contributed by atoms with Gasteiger partial charge in [0.25, 0.3) is 0 Å². The first kappa shape index (κ1) is 26.2. The molecule has 2 atom stereocenters. The zero-order valence-electron chi connectivity index (χ0n) is 21.2. The Labute approximate surface area is 215 Å². The maximum Gasteiger partial charge on any atom is 0.338 e. The second kappa shape index (κ2) is 11.4. The van der Waals surface area contributed by atoms with Crippen molar-refractivity contribution in [1.82, 2.24) is 20.0 Å². The van der Waals surface area contributed by atoms with Gasteiger partial charge in [0.2, 0.25) is 0 Å². The highest BCUT2D eigenvalue weighted by Crippen LogP contribution is 2.32. The number of ether oxygens (including phenoxy) is 1. The van der Waals surface area contributed by atoms with E-state index in [1.54, 1.807) is 31.0 Å². The average Bonchev–Trinajstić information content (AvgIpc) is 2.87. The van der Waals surface area contributed by atoms with Crippen molar-refractivity contribution in [2.24, 2.45) is 0 Å². The Morgan fingerprint density at radius 1 is 1.14 bits per heavy atom. The Bertz CT molecular complexity index is 1190. The van der Waals surface area contributed by atoms with Gasteiger partial charge >= 0.3 is 18.0 Å². The summed E-state index contributed by atoms with van der Waals surface area (Å²) < 4.78 is 19.4. The largest absolute Gasteiger partial charge is 0.463 e. The van der Waals surface area contributed by atoms with E-state index in [0.717, 1.165) is 5.69 Å². The first-order valence-corrected chi connectivity index (χ1v) is 12.3. The summed E-state index contributed by atoms with van der Waals surface area (Å²) in [6.45, 7) is 5.70. The van der Waals surface area contributed by atoms with Gasteiger partial charge in [-0.1, -0.05) is 30.3 Å². The van der Waals surface area contributed by atoms with Gasteiger partial charge in [0.05, 0.1) is 18.2 Å². The smallest absolute Gasteiger partial charge is 0.338 e. The monoisotopic (exact) mass is 509 g/mol. The van der Waals surface area contributed by atoms with Crippen LogP contribution in [0.1, 0.15) is 25.5 Å². The summed E-state index contributed by atoms with van der Waals surface area (Å²) in [5.41, 5.74) is 1.94. The molecule has 0 aliphatic carbocycles. The molecule has 4 amide bonds. The number of nitrogens with zero attached hydrogens (tertiary/aromatic N) is 3. The van der Waals surface area contributed by atoms with Crippen LogP contribution in [0.5, 0.6) is 0 Å². The molecule has 0 radical (unpaired) electrons. The van der Waals surface area contributed by atoms with Crippen LogP contribution in [0.25, 0.3) is 0 Å². The number of halogens is 1. The van der Waals surface area contributed by atoms with Gasteiger partial charge in [0, 0.05) is 50.7 Å². The molecule has 2 heterocycles. The summed E-state index contributed by atoms with van der Waals surface area (Å²) in [4.78, 5) is 44.1. The van der Waals surface area contributed by atoms with Crippen molar-refractivity contribution < 1.29 is 23.5 Å². The van der Waals surface area contributed by atoms with Crippen LogP contribution in [0.15, 0.2) is 65.9 Å². The number of anilines is 1. The van der Waals surface area contributed by atoms with Gasteiger partial charge in [-0.25, -0.2) is 18.8 Å². The molecule has 0 bridgehead atoms. The highest BCUT2D eigenvalue weighted by molar-refractivity contribution is 5.95. The third-order valence-corrected chi connectivity index (χ3v) is 6.63. The molecule has 2 aromatic rings. The van der Waals surface area contributed by atoms with E-state index in [9.17, 15) is 18.8 Å². The summed E-state index contributed by atoms with van der Waals surface area (Å²) in [7, 11) is 1.60. The number of esters is 1. The van der Waals surface area contributed by atoms with Crippen LogP contribution >= 0.6 is 0 Å². The summed E-state index contributed by atoms with van der Waals surface area (Å²) in [6, 6.07) is 13.6. The molecule has 2 unspecified atom stereocenters. The van der Waals surface area contributed by atoms with E-state index in [0.29, 0.717) is 37.4 Å². The number of carbonyl (C=O) groups excluding carboxylic acids is 3. The van der Waals surface area contributed by atoms with Crippen molar-refractivity contribution >= 4 is 23.7 Å². The summed E-state index contributed by atoms with van der Waals surface area (Å²) in [5, 5.41) is 5.72. The van der Waals surface area contributed by atoms with Crippen molar-refractivity contribution in [2.45, 2.75) is 25.9 Å². The molecule has 2 aliphatic heterocycles. The van der Waals surface area contributed by atoms with Crippen LogP contribution in [0.3, 0.4) is 0 Å². The SMILES string of the molecule is CCOC(=O)C1=C(CN2CCN(C(=O)Nc3ccccc3)C(C)C2)N(C)C(=O)NC1c1cccc(F)c1. The van der Waals surface area contributed by atoms with Crippen molar-refractivity contribution in [3.63, 3.8) is 0 Å². The van der Waals surface area contributed by atoms with Crippen LogP contribution in [-0.2, 0) is 9.53 Å². The molecule has 1 fully saturated rings. The fourth-order valence-electron chi connectivity index (χ4n) is 4.74. The molecule has 9 nitrogen and oxygen atoms in total. The number of piperazine rings is 1. The zero-order valence-corrected chi connectivity index (χ0v) is 21.2. The number of benzene rings is 2. The lowest BCUT2D eigenvalue weighted by molar-refractivity contribution is -0.139. The first-order chi connectivity index (χ1) is 17.8. The number of carbonyl (C=O) groups is 3. The van der Waals surface area contributed by atoms with Crippen LogP contribution < -0.4 is 10.6 Å². The second-order valence-corrected chi connectivity index (χ2v) is 9.15. The minimum absolute atomic E-state index is 0.106. The molecule has 1 saturated heterocycles. The molecule has 0 spiro atoms. The fraction of sp³-hybridized carbons (Fsp3) is 0.370. The quantitative estimate of drug-likeness (QED) is 0.581. The molecular weight excluding hydrogens is 477 g/mol. The Morgan fingerprint density at radius 3 is 2.57 bits per heavy atom. The standard InChI is InChI=1S/C27H32FN5O4/c1-4-37-25(34)23-22(31(3)26(35)30-24(23)19-9-8-10-20(28)15-19)17-32-13-14-33(18(2)16-32)27(36)29-21-11-6-5-7-12-21/h5-12,15,18,24H,4,13-14,16-17H2,1-3H3,(H,29,36)(H,30,35). The number of likely N-dealkylation sites (N-methyl/N-ethyl adjacent to an activating group) is 1. The van der Waals surface area contributed by atoms with Gasteiger partial charge in [0.1, 0.15) is 5.82 Å². The number of para-hydroxylation sites is 1. The Morgan fingerprint density at radius 2 is 1.89 bits per heavy atom. The third kappa shape index (κ3) is 5.91. The maximum atomic E-state index is 14.0. The van der Waals surface area contributed by atoms with Gasteiger partial charge in [0.15, 0.2) is 0 Å². The number of hydrogen-bond acceptors (Lipinski definition) is 5. The number of urea groups is 2. The normalized spacial score (nSPS) is 20.5. The molecular formula is C27H32FN5O4. The highest BCUT2D eigenvalue weighted by Gasteiger charge is 2.38. The molecule has 2 aliphatic rings. The Hall–Kier alpha value is -3.92. The van der Waals surface area contributed by atoms with E-state index < -0.39 is 23.9 Å². The molecule has 0 aromatic heterocycles. The van der Waals surface area contributed by atoms with E-state index in [4.69, 9.17) is 4.74 Å². The summed E-state index contributed by atoms with van der Waals surface area (Å²) >= 11 is 0. The maximum absolute atomic E-state index is 14.0. The van der Waals surface area contributed by atoms with E-state index in [1.807, 2.05) is 37.3 Å². The molecule has 37 heavy (non-hydrogen) atoms. The second-order valence-electron chi connectivity index (χ2n) is 9.15. The van der Waals surface area contributed by atoms with Gasteiger partial charge in [-0.05, 0) is 43.7 Å². The van der Waals surface area contributed by atoms with E-state index in [1.165, 1.54) is 17.0 Å². The molecule has 10 heteroatoms. The number of nitrogens with one attached hydrogen (secondary N) is 2. The zero-order chi connectivity index (χ0) is 26.5. The lowest BCUT2D eigenvalue weighted by atomic mass is 9.94. The number of rotatable bonds is 6. The topological polar surface area (TPSA) is 94.2 Å². The Balaban J connectivity index is 1.56. The van der Waals surface area contributed by atoms with E-state index in [-0.39, 0.29) is 24.3 Å².